The smallest absolute Gasteiger partial charge is 0.128 e. The molecule has 0 radical (unpaired) electrons. The second-order valence-electron chi connectivity index (χ2n) is 4.74. The minimum Gasteiger partial charge on any atom is -0.353 e. The van der Waals surface area contributed by atoms with Gasteiger partial charge in [-0.25, -0.2) is 4.98 Å². The topological polar surface area (TPSA) is 28.2 Å². The molecule has 94 valence electrons. The molecule has 0 saturated carbocycles. The summed E-state index contributed by atoms with van der Waals surface area (Å²) >= 11 is 0. The van der Waals surface area contributed by atoms with Crippen LogP contribution in [0, 0.1) is 6.92 Å². The Morgan fingerprint density at radius 1 is 1.18 bits per heavy atom. The molecule has 0 spiro atoms. The number of hydrogen-bond acceptors (Lipinski definition) is 3. The fourth-order valence-electron chi connectivity index (χ4n) is 2.63. The van der Waals surface area contributed by atoms with E-state index in [0.717, 1.165) is 18.9 Å². The van der Waals surface area contributed by atoms with E-state index < -0.39 is 0 Å². The van der Waals surface area contributed by atoms with Crippen LogP contribution in [-0.2, 0) is 0 Å². The Morgan fingerprint density at radius 3 is 2.35 bits per heavy atom. The molecule has 2 aliphatic rings. The number of nitrogens with one attached hydrogen (secondary N) is 1. The minimum atomic E-state index is 0.687. The number of fused-ring (bicyclic) bond motifs is 2. The minimum absolute atomic E-state index is 0.687. The van der Waals surface area contributed by atoms with Crippen LogP contribution >= 0.6 is 0 Å². The summed E-state index contributed by atoms with van der Waals surface area (Å²) in [5.74, 6) is 1.14. The van der Waals surface area contributed by atoms with E-state index in [1.165, 1.54) is 18.4 Å². The summed E-state index contributed by atoms with van der Waals surface area (Å²) in [6.07, 6.45) is 4.61. The molecule has 2 fully saturated rings. The predicted molar refractivity (Wildman–Crippen MR) is 72.5 cm³/mol. The molecular formula is C14H23N3. The van der Waals surface area contributed by atoms with Crippen LogP contribution in [0.25, 0.3) is 0 Å². The standard InChI is InChI=1S/C12H17N3.C2H6/c1-9-2-5-12(13-6-9)15-7-10-3-4-11(8-15)14-10;1-2/h2,5-6,10-11,14H,3-4,7-8H2,1H3;1-2H3. The molecule has 1 aromatic rings. The largest absolute Gasteiger partial charge is 0.353 e. The maximum Gasteiger partial charge on any atom is 0.128 e. The van der Waals surface area contributed by atoms with Crippen molar-refractivity contribution in [3.63, 3.8) is 0 Å². The first kappa shape index (κ1) is 12.4. The van der Waals surface area contributed by atoms with E-state index in [2.05, 4.69) is 34.3 Å². The SMILES string of the molecule is CC.Cc1ccc(N2CC3CCC(C2)N3)nc1. The summed E-state index contributed by atoms with van der Waals surface area (Å²) < 4.78 is 0. The molecule has 3 rings (SSSR count). The van der Waals surface area contributed by atoms with Gasteiger partial charge in [0.2, 0.25) is 0 Å². The summed E-state index contributed by atoms with van der Waals surface area (Å²) in [7, 11) is 0. The Morgan fingerprint density at radius 2 is 1.82 bits per heavy atom. The first-order valence-corrected chi connectivity index (χ1v) is 6.75. The average molecular weight is 233 g/mol. The van der Waals surface area contributed by atoms with E-state index in [0.29, 0.717) is 12.1 Å². The average Bonchev–Trinajstić information content (AvgIpc) is 2.72. The van der Waals surface area contributed by atoms with Gasteiger partial charge in [-0.2, -0.15) is 0 Å². The Labute approximate surface area is 104 Å². The molecule has 2 saturated heterocycles. The third-order valence-electron chi connectivity index (χ3n) is 3.44. The van der Waals surface area contributed by atoms with Gasteiger partial charge in [0.1, 0.15) is 5.82 Å². The van der Waals surface area contributed by atoms with Crippen LogP contribution in [0.2, 0.25) is 0 Å². The Balaban J connectivity index is 0.000000514. The van der Waals surface area contributed by atoms with Crippen molar-refractivity contribution in [1.29, 1.82) is 0 Å². The highest BCUT2D eigenvalue weighted by molar-refractivity contribution is 5.41. The molecule has 3 heteroatoms. The molecule has 0 aliphatic carbocycles. The molecule has 0 aromatic carbocycles. The molecule has 1 N–H and O–H groups in total. The highest BCUT2D eigenvalue weighted by atomic mass is 15.3. The van der Waals surface area contributed by atoms with E-state index in [9.17, 15) is 0 Å². The second kappa shape index (κ2) is 5.50. The van der Waals surface area contributed by atoms with Gasteiger partial charge in [-0.1, -0.05) is 19.9 Å². The van der Waals surface area contributed by atoms with Crippen molar-refractivity contribution in [3.8, 4) is 0 Å². The van der Waals surface area contributed by atoms with Gasteiger partial charge < -0.3 is 10.2 Å². The number of piperazine rings is 1. The van der Waals surface area contributed by atoms with Gasteiger partial charge in [0.15, 0.2) is 0 Å². The van der Waals surface area contributed by atoms with Crippen LogP contribution in [0.15, 0.2) is 18.3 Å². The summed E-state index contributed by atoms with van der Waals surface area (Å²) in [4.78, 5) is 6.91. The first-order valence-electron chi connectivity index (χ1n) is 6.75. The van der Waals surface area contributed by atoms with E-state index >= 15 is 0 Å². The van der Waals surface area contributed by atoms with Crippen LogP contribution in [0.4, 0.5) is 5.82 Å². The quantitative estimate of drug-likeness (QED) is 0.807. The van der Waals surface area contributed by atoms with Crippen molar-refractivity contribution < 1.29 is 0 Å². The van der Waals surface area contributed by atoms with E-state index in [4.69, 9.17) is 0 Å². The maximum atomic E-state index is 4.50. The molecule has 3 heterocycles. The lowest BCUT2D eigenvalue weighted by Crippen LogP contribution is -2.51. The highest BCUT2D eigenvalue weighted by Crippen LogP contribution is 2.23. The van der Waals surface area contributed by atoms with Crippen LogP contribution < -0.4 is 10.2 Å². The molecule has 0 amide bonds. The Bertz CT molecular complexity index is 335. The van der Waals surface area contributed by atoms with Gasteiger partial charge in [-0.3, -0.25) is 0 Å². The van der Waals surface area contributed by atoms with Crippen LogP contribution in [-0.4, -0.2) is 30.2 Å². The van der Waals surface area contributed by atoms with Crippen molar-refractivity contribution in [1.82, 2.24) is 10.3 Å². The second-order valence-corrected chi connectivity index (χ2v) is 4.74. The molecule has 2 bridgehead atoms. The number of nitrogens with zero attached hydrogens (tertiary/aromatic N) is 2. The Kier molecular flexibility index (Phi) is 4.00. The molecule has 2 aliphatic heterocycles. The molecule has 2 atom stereocenters. The molecule has 1 aromatic heterocycles. The van der Waals surface area contributed by atoms with E-state index in [1.807, 2.05) is 20.0 Å². The zero-order valence-corrected chi connectivity index (χ0v) is 11.1. The van der Waals surface area contributed by atoms with Crippen molar-refractivity contribution in [2.45, 2.75) is 45.7 Å². The van der Waals surface area contributed by atoms with Gasteiger partial charge in [0.05, 0.1) is 0 Å². The van der Waals surface area contributed by atoms with Crippen LogP contribution in [0.1, 0.15) is 32.3 Å². The lowest BCUT2D eigenvalue weighted by molar-refractivity contribution is 0.463. The number of aryl methyl sites for hydroxylation is 1. The number of rotatable bonds is 1. The maximum absolute atomic E-state index is 4.50. The Hall–Kier alpha value is -1.09. The van der Waals surface area contributed by atoms with Gasteiger partial charge >= 0.3 is 0 Å². The number of aromatic nitrogens is 1. The van der Waals surface area contributed by atoms with Crippen molar-refractivity contribution in [2.75, 3.05) is 18.0 Å². The fraction of sp³-hybridized carbons (Fsp3) is 0.643. The lowest BCUT2D eigenvalue weighted by atomic mass is 10.2. The molecule has 2 unspecified atom stereocenters. The third-order valence-corrected chi connectivity index (χ3v) is 3.44. The van der Waals surface area contributed by atoms with Crippen molar-refractivity contribution >= 4 is 5.82 Å². The van der Waals surface area contributed by atoms with Crippen LogP contribution in [0.3, 0.4) is 0 Å². The highest BCUT2D eigenvalue weighted by Gasteiger charge is 2.32. The van der Waals surface area contributed by atoms with Crippen molar-refractivity contribution in [2.24, 2.45) is 0 Å². The zero-order valence-electron chi connectivity index (χ0n) is 11.1. The van der Waals surface area contributed by atoms with Gasteiger partial charge in [0, 0.05) is 31.4 Å². The lowest BCUT2D eigenvalue weighted by Gasteiger charge is -2.33. The summed E-state index contributed by atoms with van der Waals surface area (Å²) in [5.41, 5.74) is 1.23. The van der Waals surface area contributed by atoms with Crippen LogP contribution in [0.5, 0.6) is 0 Å². The number of pyridine rings is 1. The van der Waals surface area contributed by atoms with Crippen molar-refractivity contribution in [3.05, 3.63) is 23.9 Å². The van der Waals surface area contributed by atoms with Gasteiger partial charge in [-0.15, -0.1) is 0 Å². The third kappa shape index (κ3) is 2.78. The molecule has 3 nitrogen and oxygen atoms in total. The van der Waals surface area contributed by atoms with Gasteiger partial charge in [0.25, 0.3) is 0 Å². The summed E-state index contributed by atoms with van der Waals surface area (Å²) in [6.45, 7) is 8.32. The normalized spacial score (nSPS) is 26.4. The number of hydrogen-bond donors (Lipinski definition) is 1. The summed E-state index contributed by atoms with van der Waals surface area (Å²) in [6, 6.07) is 5.66. The first-order chi connectivity index (χ1) is 8.31. The van der Waals surface area contributed by atoms with Gasteiger partial charge in [-0.05, 0) is 31.4 Å². The van der Waals surface area contributed by atoms with E-state index in [1.54, 1.807) is 0 Å². The fourth-order valence-corrected chi connectivity index (χ4v) is 2.63. The number of anilines is 1. The monoisotopic (exact) mass is 233 g/mol. The van der Waals surface area contributed by atoms with E-state index in [-0.39, 0.29) is 0 Å². The molecular weight excluding hydrogens is 210 g/mol. The predicted octanol–water partition coefficient (Wildman–Crippen LogP) is 2.36. The summed E-state index contributed by atoms with van der Waals surface area (Å²) in [5, 5.41) is 3.63. The molecule has 17 heavy (non-hydrogen) atoms. The zero-order chi connectivity index (χ0) is 12.3.